The number of halogens is 3. The lowest BCUT2D eigenvalue weighted by molar-refractivity contribution is -0.142. The molecule has 1 aliphatic carbocycles. The van der Waals surface area contributed by atoms with Crippen molar-refractivity contribution in [3.63, 3.8) is 0 Å². The van der Waals surface area contributed by atoms with Crippen LogP contribution in [-0.2, 0) is 16.1 Å². The highest BCUT2D eigenvalue weighted by atomic mass is 19.3. The largest absolute Gasteiger partial charge is 0.375 e. The minimum atomic E-state index is -3.11. The lowest BCUT2D eigenvalue weighted by Crippen LogP contribution is -2.50. The number of nitrogens with zero attached hydrogens (tertiary/aromatic N) is 5. The smallest absolute Gasteiger partial charge is 0.259 e. The maximum absolute atomic E-state index is 15.4. The molecule has 1 N–H and O–H groups in total. The summed E-state index contributed by atoms with van der Waals surface area (Å²) in [5.41, 5.74) is 0.0166. The lowest BCUT2D eigenvalue weighted by Gasteiger charge is -2.27. The van der Waals surface area contributed by atoms with Crippen LogP contribution in [0.5, 0.6) is 0 Å². The number of benzene rings is 2. The third kappa shape index (κ3) is 4.56. The zero-order valence-corrected chi connectivity index (χ0v) is 23.2. The zero-order valence-electron chi connectivity index (χ0n) is 23.2. The Balaban J connectivity index is 1.40. The van der Waals surface area contributed by atoms with Crippen LogP contribution in [0.4, 0.5) is 24.7 Å². The third-order valence-electron chi connectivity index (χ3n) is 7.83. The van der Waals surface area contributed by atoms with Gasteiger partial charge in [0.2, 0.25) is 5.91 Å². The molecule has 2 aliphatic rings. The van der Waals surface area contributed by atoms with E-state index >= 15 is 4.39 Å². The number of aromatic nitrogens is 4. The van der Waals surface area contributed by atoms with E-state index in [-0.39, 0.29) is 19.4 Å². The van der Waals surface area contributed by atoms with Gasteiger partial charge in [-0.2, -0.15) is 4.98 Å². The molecule has 0 spiro atoms. The maximum atomic E-state index is 15.4. The number of ether oxygens (including phenoxy) is 1. The number of rotatable bonds is 4. The highest BCUT2D eigenvalue weighted by Crippen LogP contribution is 2.57. The first kappa shape index (κ1) is 27.0. The molecular weight excluding hydrogens is 533 g/mol. The summed E-state index contributed by atoms with van der Waals surface area (Å²) in [6.07, 6.45) is 0.295. The van der Waals surface area contributed by atoms with Crippen molar-refractivity contribution in [2.24, 2.45) is 5.41 Å². The Morgan fingerprint density at radius 3 is 2.61 bits per heavy atom. The number of nitrogens with one attached hydrogen (secondary N) is 1. The summed E-state index contributed by atoms with van der Waals surface area (Å²) in [7, 11) is 0. The minimum absolute atomic E-state index is 0.148. The molecule has 2 aromatic heterocycles. The van der Waals surface area contributed by atoms with Crippen LogP contribution in [0, 0.1) is 30.0 Å². The minimum Gasteiger partial charge on any atom is -0.375 e. The fourth-order valence-corrected chi connectivity index (χ4v) is 5.39. The Hall–Kier alpha value is -4.17. The standard InChI is InChI=1S/C30H29F3N6O2/c1-18-36-37-27-34-25(24-21(31)8-6-10-23(24)39(18)27)38-15-16-41-17-20-19(7-5-9-22(20)38)11-12-28(2,3)35-26(40)30(13-14-30)29(4,32)33/h5-10H,13-17H2,1-4H3,(H,35,40). The van der Waals surface area contributed by atoms with E-state index in [0.717, 1.165) is 18.2 Å². The Bertz CT molecular complexity index is 1760. The van der Waals surface area contributed by atoms with Crippen LogP contribution in [0.3, 0.4) is 0 Å². The van der Waals surface area contributed by atoms with Crippen molar-refractivity contribution in [3.8, 4) is 11.8 Å². The van der Waals surface area contributed by atoms with Gasteiger partial charge in [0.05, 0.1) is 29.7 Å². The summed E-state index contributed by atoms with van der Waals surface area (Å²) < 4.78 is 51.2. The molecule has 1 amide bonds. The van der Waals surface area contributed by atoms with E-state index < -0.39 is 28.6 Å². The molecular formula is C30H29F3N6O2. The van der Waals surface area contributed by atoms with Crippen molar-refractivity contribution >= 4 is 34.1 Å². The molecule has 11 heteroatoms. The van der Waals surface area contributed by atoms with Gasteiger partial charge in [0, 0.05) is 30.3 Å². The summed E-state index contributed by atoms with van der Waals surface area (Å²) in [5.74, 6) is 3.29. The van der Waals surface area contributed by atoms with E-state index in [2.05, 4.69) is 27.4 Å². The molecule has 4 aromatic rings. The van der Waals surface area contributed by atoms with Crippen molar-refractivity contribution in [2.75, 3.05) is 18.1 Å². The normalized spacial score (nSPS) is 16.6. The Labute approximate surface area is 234 Å². The first-order valence-corrected chi connectivity index (χ1v) is 13.4. The molecule has 1 fully saturated rings. The van der Waals surface area contributed by atoms with E-state index in [1.807, 2.05) is 23.1 Å². The van der Waals surface area contributed by atoms with E-state index in [4.69, 9.17) is 9.72 Å². The number of amides is 1. The van der Waals surface area contributed by atoms with Crippen LogP contribution in [0.2, 0.25) is 0 Å². The number of fused-ring (bicyclic) bond motifs is 4. The predicted molar refractivity (Wildman–Crippen MR) is 147 cm³/mol. The number of hydrogen-bond donors (Lipinski definition) is 1. The quantitative estimate of drug-likeness (QED) is 0.350. The van der Waals surface area contributed by atoms with Gasteiger partial charge in [-0.25, -0.2) is 13.2 Å². The second kappa shape index (κ2) is 9.45. The molecule has 0 radical (unpaired) electrons. The van der Waals surface area contributed by atoms with Crippen LogP contribution in [-0.4, -0.2) is 50.1 Å². The van der Waals surface area contributed by atoms with E-state index in [9.17, 15) is 13.6 Å². The number of aryl methyl sites for hydroxylation is 1. The number of carbonyl (C=O) groups excluding carboxylic acids is 1. The monoisotopic (exact) mass is 562 g/mol. The fraction of sp³-hybridized carbons (Fsp3) is 0.400. The summed E-state index contributed by atoms with van der Waals surface area (Å²) in [5, 5.41) is 11.4. The summed E-state index contributed by atoms with van der Waals surface area (Å²) in [4.78, 5) is 19.4. The molecule has 3 heterocycles. The SMILES string of the molecule is Cc1nnc2nc(N3CCOCc4c(C#CC(C)(C)NC(=O)C5(C(C)(F)F)CC5)cccc43)c3c(F)cccc3n12. The van der Waals surface area contributed by atoms with Gasteiger partial charge in [-0.05, 0) is 57.9 Å². The van der Waals surface area contributed by atoms with Crippen LogP contribution in [0.15, 0.2) is 36.4 Å². The van der Waals surface area contributed by atoms with Gasteiger partial charge in [-0.1, -0.05) is 24.0 Å². The fourth-order valence-electron chi connectivity index (χ4n) is 5.39. The van der Waals surface area contributed by atoms with E-state index in [1.54, 1.807) is 37.3 Å². The second-order valence-corrected chi connectivity index (χ2v) is 11.3. The first-order chi connectivity index (χ1) is 19.4. The number of hydrogen-bond acceptors (Lipinski definition) is 6. The van der Waals surface area contributed by atoms with Gasteiger partial charge >= 0.3 is 0 Å². The van der Waals surface area contributed by atoms with Crippen LogP contribution >= 0.6 is 0 Å². The van der Waals surface area contributed by atoms with Gasteiger partial charge < -0.3 is 15.0 Å². The van der Waals surface area contributed by atoms with E-state index in [1.165, 1.54) is 6.07 Å². The number of carbonyl (C=O) groups is 1. The summed E-state index contributed by atoms with van der Waals surface area (Å²) in [6.45, 7) is 6.94. The van der Waals surface area contributed by atoms with Crippen molar-refractivity contribution in [3.05, 3.63) is 59.2 Å². The van der Waals surface area contributed by atoms with Crippen LogP contribution in [0.1, 0.15) is 50.6 Å². The van der Waals surface area contributed by atoms with Crippen molar-refractivity contribution in [1.29, 1.82) is 0 Å². The molecule has 0 atom stereocenters. The molecule has 0 bridgehead atoms. The topological polar surface area (TPSA) is 84.7 Å². The summed E-state index contributed by atoms with van der Waals surface area (Å²) in [6, 6.07) is 10.4. The highest BCUT2D eigenvalue weighted by Gasteiger charge is 2.64. The van der Waals surface area contributed by atoms with Gasteiger partial charge in [0.1, 0.15) is 22.9 Å². The molecule has 1 saturated carbocycles. The Morgan fingerprint density at radius 1 is 1.12 bits per heavy atom. The average molecular weight is 563 g/mol. The van der Waals surface area contributed by atoms with Crippen molar-refractivity contribution in [1.82, 2.24) is 24.9 Å². The second-order valence-electron chi connectivity index (χ2n) is 11.3. The molecule has 1 aliphatic heterocycles. The van der Waals surface area contributed by atoms with Crippen LogP contribution in [0.25, 0.3) is 16.7 Å². The highest BCUT2D eigenvalue weighted by molar-refractivity contribution is 5.94. The van der Waals surface area contributed by atoms with Crippen molar-refractivity contribution < 1.29 is 22.7 Å². The van der Waals surface area contributed by atoms with Gasteiger partial charge in [0.15, 0.2) is 0 Å². The van der Waals surface area contributed by atoms with Gasteiger partial charge in [-0.15, -0.1) is 10.2 Å². The first-order valence-electron chi connectivity index (χ1n) is 13.4. The number of anilines is 2. The molecule has 41 heavy (non-hydrogen) atoms. The molecule has 6 rings (SSSR count). The van der Waals surface area contributed by atoms with Gasteiger partial charge in [0.25, 0.3) is 11.7 Å². The number of alkyl halides is 2. The maximum Gasteiger partial charge on any atom is 0.259 e. The predicted octanol–water partition coefficient (Wildman–Crippen LogP) is 5.08. The molecule has 0 saturated heterocycles. The zero-order chi connectivity index (χ0) is 29.2. The average Bonchev–Trinajstić information content (AvgIpc) is 3.69. The third-order valence-corrected chi connectivity index (χ3v) is 7.83. The van der Waals surface area contributed by atoms with Gasteiger partial charge in [-0.3, -0.25) is 9.20 Å². The molecule has 212 valence electrons. The molecule has 0 unspecified atom stereocenters. The van der Waals surface area contributed by atoms with Crippen LogP contribution < -0.4 is 10.2 Å². The van der Waals surface area contributed by atoms with E-state index in [0.29, 0.717) is 47.0 Å². The molecule has 8 nitrogen and oxygen atoms in total. The summed E-state index contributed by atoms with van der Waals surface area (Å²) >= 11 is 0. The molecule has 2 aromatic carbocycles. The lowest BCUT2D eigenvalue weighted by atomic mass is 9.95. The Kier molecular flexibility index (Phi) is 6.23. The van der Waals surface area contributed by atoms with Crippen molar-refractivity contribution in [2.45, 2.75) is 58.6 Å². The Morgan fingerprint density at radius 2 is 1.88 bits per heavy atom.